The number of carbonyl (C=O) groups is 2. The van der Waals surface area contributed by atoms with Crippen molar-refractivity contribution in [2.45, 2.75) is 96.4 Å². The number of aliphatic hydroxyl groups is 2. The molecule has 1 aliphatic heterocycles. The molecule has 9 atom stereocenters. The van der Waals surface area contributed by atoms with E-state index in [1.54, 1.807) is 6.08 Å². The molecule has 178 valence electrons. The molecule has 0 aromatic carbocycles. The Morgan fingerprint density at radius 3 is 2.59 bits per heavy atom. The van der Waals surface area contributed by atoms with Gasteiger partial charge in [-0.2, -0.15) is 0 Å². The highest BCUT2D eigenvalue weighted by Crippen LogP contribution is 2.70. The van der Waals surface area contributed by atoms with E-state index in [9.17, 15) is 19.8 Å². The van der Waals surface area contributed by atoms with Crippen LogP contribution in [0.15, 0.2) is 11.6 Å². The maximum Gasteiger partial charge on any atom is 0.334 e. The first-order chi connectivity index (χ1) is 15.1. The van der Waals surface area contributed by atoms with Crippen LogP contribution in [-0.4, -0.2) is 46.6 Å². The molecular formula is C26H38O6. The Bertz CT molecular complexity index is 834. The number of cyclic esters (lactones) is 1. The smallest absolute Gasteiger partial charge is 0.334 e. The van der Waals surface area contributed by atoms with Crippen LogP contribution in [0.3, 0.4) is 0 Å². The minimum Gasteiger partial charge on any atom is -0.460 e. The summed E-state index contributed by atoms with van der Waals surface area (Å²) in [5, 5.41) is 21.8. The zero-order valence-electron chi connectivity index (χ0n) is 19.6. The molecule has 0 radical (unpaired) electrons. The Morgan fingerprint density at radius 2 is 1.91 bits per heavy atom. The maximum absolute atomic E-state index is 12.2. The Morgan fingerprint density at radius 1 is 1.12 bits per heavy atom. The summed E-state index contributed by atoms with van der Waals surface area (Å²) in [6.45, 7) is 6.51. The van der Waals surface area contributed by atoms with Crippen molar-refractivity contribution in [1.82, 2.24) is 0 Å². The van der Waals surface area contributed by atoms with Gasteiger partial charge >= 0.3 is 11.9 Å². The second-order valence-electron chi connectivity index (χ2n) is 11.8. The first kappa shape index (κ1) is 22.4. The Kier molecular flexibility index (Phi) is 5.29. The predicted molar refractivity (Wildman–Crippen MR) is 117 cm³/mol. The van der Waals surface area contributed by atoms with Crippen LogP contribution in [0.4, 0.5) is 0 Å². The predicted octanol–water partition coefficient (Wildman–Crippen LogP) is 3.54. The van der Waals surface area contributed by atoms with Crippen LogP contribution in [0.5, 0.6) is 0 Å². The van der Waals surface area contributed by atoms with Gasteiger partial charge in [-0.25, -0.2) is 9.59 Å². The van der Waals surface area contributed by atoms with Gasteiger partial charge in [0.25, 0.3) is 0 Å². The summed E-state index contributed by atoms with van der Waals surface area (Å²) < 4.78 is 10.8. The van der Waals surface area contributed by atoms with Crippen molar-refractivity contribution >= 4 is 11.9 Å². The Balaban J connectivity index is 1.35. The highest BCUT2D eigenvalue weighted by Gasteiger charge is 2.67. The highest BCUT2D eigenvalue weighted by atomic mass is 16.6. The largest absolute Gasteiger partial charge is 0.460 e. The molecule has 0 amide bonds. The molecule has 32 heavy (non-hydrogen) atoms. The number of rotatable bonds is 3. The van der Waals surface area contributed by atoms with E-state index in [1.807, 2.05) is 0 Å². The van der Waals surface area contributed by atoms with Gasteiger partial charge in [0.15, 0.2) is 0 Å². The minimum atomic E-state index is -1.07. The molecule has 0 aromatic rings. The van der Waals surface area contributed by atoms with Crippen molar-refractivity contribution in [2.75, 3.05) is 6.61 Å². The van der Waals surface area contributed by atoms with Gasteiger partial charge in [-0.3, -0.25) is 0 Å². The lowest BCUT2D eigenvalue weighted by Crippen LogP contribution is -2.62. The number of fused-ring (bicyclic) bond motifs is 5. The van der Waals surface area contributed by atoms with E-state index in [1.165, 1.54) is 6.92 Å². The number of hydrogen-bond donors (Lipinski definition) is 2. The number of ether oxygens (including phenoxy) is 2. The molecule has 5 aliphatic rings. The average molecular weight is 447 g/mol. The monoisotopic (exact) mass is 446 g/mol. The van der Waals surface area contributed by atoms with Crippen molar-refractivity contribution in [3.8, 4) is 0 Å². The molecule has 0 unspecified atom stereocenters. The van der Waals surface area contributed by atoms with Crippen LogP contribution >= 0.6 is 0 Å². The molecule has 2 N–H and O–H groups in total. The first-order valence-electron chi connectivity index (χ1n) is 12.6. The molecule has 4 fully saturated rings. The molecule has 0 spiro atoms. The third-order valence-corrected chi connectivity index (χ3v) is 10.6. The van der Waals surface area contributed by atoms with E-state index in [0.29, 0.717) is 18.4 Å². The normalized spacial score (nSPS) is 48.7. The summed E-state index contributed by atoms with van der Waals surface area (Å²) in [6, 6.07) is 0. The fraction of sp³-hybridized carbons (Fsp3) is 0.846. The first-order valence-corrected chi connectivity index (χ1v) is 12.6. The van der Waals surface area contributed by atoms with Gasteiger partial charge in [0, 0.05) is 11.5 Å². The molecular weight excluding hydrogens is 408 g/mol. The van der Waals surface area contributed by atoms with E-state index in [0.717, 1.165) is 63.4 Å². The van der Waals surface area contributed by atoms with Crippen LogP contribution in [-0.2, 0) is 19.1 Å². The second-order valence-corrected chi connectivity index (χ2v) is 11.8. The molecule has 0 saturated heterocycles. The van der Waals surface area contributed by atoms with Crippen molar-refractivity contribution in [3.63, 3.8) is 0 Å². The van der Waals surface area contributed by atoms with E-state index in [2.05, 4.69) is 13.8 Å². The van der Waals surface area contributed by atoms with Gasteiger partial charge in [-0.15, -0.1) is 0 Å². The fourth-order valence-electron chi connectivity index (χ4n) is 8.74. The van der Waals surface area contributed by atoms with Gasteiger partial charge in [0.2, 0.25) is 0 Å². The average Bonchev–Trinajstić information content (AvgIpc) is 3.28. The van der Waals surface area contributed by atoms with Crippen LogP contribution in [0.1, 0.15) is 78.6 Å². The summed E-state index contributed by atoms with van der Waals surface area (Å²) in [7, 11) is 0. The molecule has 4 saturated carbocycles. The third-order valence-electron chi connectivity index (χ3n) is 10.6. The van der Waals surface area contributed by atoms with Gasteiger partial charge < -0.3 is 19.7 Å². The lowest BCUT2D eigenvalue weighted by Gasteiger charge is -2.63. The van der Waals surface area contributed by atoms with Crippen LogP contribution in [0, 0.1) is 34.5 Å². The number of carbonyl (C=O) groups excluding carboxylic acids is 2. The molecule has 4 aliphatic carbocycles. The second kappa shape index (κ2) is 7.56. The molecule has 0 aromatic heterocycles. The SMILES string of the molecule is C[C@@H](O)C(=O)O[C@H]1CC[C@@]2(C)[C@@H](CC[C@@H]3[C@@H]2CC[C@]2(C)[C@@H](C4=CC(=O)OC4)CC[C@]32O)C1. The molecule has 6 heteroatoms. The zero-order chi connectivity index (χ0) is 22.9. The van der Waals surface area contributed by atoms with Crippen molar-refractivity contribution in [1.29, 1.82) is 0 Å². The van der Waals surface area contributed by atoms with Gasteiger partial charge in [-0.1, -0.05) is 13.8 Å². The van der Waals surface area contributed by atoms with Crippen LogP contribution in [0.25, 0.3) is 0 Å². The van der Waals surface area contributed by atoms with E-state index in [-0.39, 0.29) is 34.7 Å². The maximum atomic E-state index is 12.2. The van der Waals surface area contributed by atoms with Gasteiger partial charge in [0.1, 0.15) is 18.8 Å². The lowest BCUT2D eigenvalue weighted by atomic mass is 9.43. The molecule has 6 nitrogen and oxygen atoms in total. The highest BCUT2D eigenvalue weighted by molar-refractivity contribution is 5.85. The minimum absolute atomic E-state index is 0.105. The van der Waals surface area contributed by atoms with E-state index in [4.69, 9.17) is 9.47 Å². The van der Waals surface area contributed by atoms with Crippen LogP contribution < -0.4 is 0 Å². The Hall–Kier alpha value is -1.40. The quantitative estimate of drug-likeness (QED) is 0.644. The van der Waals surface area contributed by atoms with Gasteiger partial charge in [-0.05, 0) is 99.4 Å². The third kappa shape index (κ3) is 3.12. The summed E-state index contributed by atoms with van der Waals surface area (Å²) in [5.74, 6) is 0.702. The van der Waals surface area contributed by atoms with Gasteiger partial charge in [0.05, 0.1) is 5.60 Å². The summed E-state index contributed by atoms with van der Waals surface area (Å²) in [4.78, 5) is 23.6. The standard InChI is InChI=1S/C26H38O6/c1-15(27)23(29)32-18-6-9-24(2)17(13-18)4-5-21-20(24)7-10-25(3)19(8-11-26(21,25)30)16-12-22(28)31-14-16/h12,15,17-21,27,30H,4-11,13-14H2,1-3H3/t15-,17+,18+,19-,20+,21-,24+,25-,26+/m1/s1. The van der Waals surface area contributed by atoms with E-state index >= 15 is 0 Å². The Labute approximate surface area is 190 Å². The molecule has 5 rings (SSSR count). The van der Waals surface area contributed by atoms with Crippen molar-refractivity contribution < 1.29 is 29.3 Å². The summed E-state index contributed by atoms with van der Waals surface area (Å²) >= 11 is 0. The van der Waals surface area contributed by atoms with Crippen molar-refractivity contribution in [2.24, 2.45) is 34.5 Å². The molecule has 1 heterocycles. The topological polar surface area (TPSA) is 93.1 Å². The molecule has 0 bridgehead atoms. The number of esters is 2. The van der Waals surface area contributed by atoms with Crippen LogP contribution in [0.2, 0.25) is 0 Å². The summed E-state index contributed by atoms with van der Waals surface area (Å²) in [6.07, 6.45) is 9.05. The lowest BCUT2D eigenvalue weighted by molar-refractivity contribution is -0.210. The number of hydrogen-bond acceptors (Lipinski definition) is 6. The van der Waals surface area contributed by atoms with Crippen molar-refractivity contribution in [3.05, 3.63) is 11.6 Å². The van der Waals surface area contributed by atoms with E-state index < -0.39 is 17.7 Å². The summed E-state index contributed by atoms with van der Waals surface area (Å²) in [5.41, 5.74) is 0.322. The number of aliphatic hydroxyl groups excluding tert-OH is 1. The fourth-order valence-corrected chi connectivity index (χ4v) is 8.74. The zero-order valence-corrected chi connectivity index (χ0v) is 19.6.